The minimum Gasteiger partial charge on any atom is -0.497 e. The van der Waals surface area contributed by atoms with Crippen molar-refractivity contribution in [3.63, 3.8) is 0 Å². The molecule has 0 amide bonds. The molecule has 0 spiro atoms. The van der Waals surface area contributed by atoms with Crippen LogP contribution in [-0.2, 0) is 13.5 Å². The van der Waals surface area contributed by atoms with E-state index >= 15 is 0 Å². The SMILES string of the molecule is CCc1ccc2c(c1)nc(-c1n[nH]c3ccc(OC)cc13)n2C. The summed E-state index contributed by atoms with van der Waals surface area (Å²) in [5.74, 6) is 1.67. The third-order valence-corrected chi connectivity index (χ3v) is 4.34. The molecule has 2 aromatic heterocycles. The van der Waals surface area contributed by atoms with Crippen LogP contribution in [0.5, 0.6) is 5.75 Å². The van der Waals surface area contributed by atoms with Crippen LogP contribution in [0.3, 0.4) is 0 Å². The molecule has 0 radical (unpaired) electrons. The third kappa shape index (κ3) is 2.08. The monoisotopic (exact) mass is 306 g/mol. The summed E-state index contributed by atoms with van der Waals surface area (Å²) in [6.07, 6.45) is 1.00. The zero-order chi connectivity index (χ0) is 16.0. The summed E-state index contributed by atoms with van der Waals surface area (Å²) in [5, 5.41) is 8.56. The predicted molar refractivity (Wildman–Crippen MR) is 91.7 cm³/mol. The van der Waals surface area contributed by atoms with Gasteiger partial charge in [0.15, 0.2) is 5.82 Å². The van der Waals surface area contributed by atoms with Gasteiger partial charge in [-0.05, 0) is 42.3 Å². The second kappa shape index (κ2) is 5.12. The molecule has 1 N–H and O–H groups in total. The smallest absolute Gasteiger partial charge is 0.162 e. The molecule has 0 aliphatic heterocycles. The number of nitrogens with zero attached hydrogens (tertiary/aromatic N) is 3. The van der Waals surface area contributed by atoms with Gasteiger partial charge in [-0.25, -0.2) is 4.98 Å². The number of H-pyrrole nitrogens is 1. The van der Waals surface area contributed by atoms with Crippen molar-refractivity contribution in [1.29, 1.82) is 0 Å². The highest BCUT2D eigenvalue weighted by Gasteiger charge is 2.16. The Kier molecular flexibility index (Phi) is 3.08. The molecule has 4 rings (SSSR count). The number of imidazole rings is 1. The van der Waals surface area contributed by atoms with Crippen LogP contribution in [0.1, 0.15) is 12.5 Å². The lowest BCUT2D eigenvalue weighted by molar-refractivity contribution is 0.415. The number of rotatable bonds is 3. The molecule has 0 fully saturated rings. The lowest BCUT2D eigenvalue weighted by Crippen LogP contribution is -1.93. The van der Waals surface area contributed by atoms with Crippen molar-refractivity contribution < 1.29 is 4.74 Å². The summed E-state index contributed by atoms with van der Waals surface area (Å²) in [6, 6.07) is 12.3. The molecule has 0 unspecified atom stereocenters. The van der Waals surface area contributed by atoms with Crippen LogP contribution in [-0.4, -0.2) is 26.9 Å². The summed E-state index contributed by atoms with van der Waals surface area (Å²) < 4.78 is 7.42. The Morgan fingerprint density at radius 3 is 2.83 bits per heavy atom. The van der Waals surface area contributed by atoms with E-state index in [2.05, 4.69) is 39.9 Å². The van der Waals surface area contributed by atoms with Gasteiger partial charge in [-0.3, -0.25) is 5.10 Å². The first kappa shape index (κ1) is 13.8. The Labute approximate surface area is 133 Å². The van der Waals surface area contributed by atoms with Gasteiger partial charge in [0.1, 0.15) is 11.4 Å². The van der Waals surface area contributed by atoms with Crippen molar-refractivity contribution in [2.45, 2.75) is 13.3 Å². The molecule has 5 nitrogen and oxygen atoms in total. The fourth-order valence-corrected chi connectivity index (χ4v) is 2.97. The molecular formula is C18H18N4O. The van der Waals surface area contributed by atoms with Crippen molar-refractivity contribution in [1.82, 2.24) is 19.7 Å². The maximum absolute atomic E-state index is 5.33. The van der Waals surface area contributed by atoms with E-state index in [0.29, 0.717) is 0 Å². The van der Waals surface area contributed by atoms with Crippen molar-refractivity contribution in [2.24, 2.45) is 7.05 Å². The van der Waals surface area contributed by atoms with Gasteiger partial charge in [0.2, 0.25) is 0 Å². The topological polar surface area (TPSA) is 55.7 Å². The largest absolute Gasteiger partial charge is 0.497 e. The Hall–Kier alpha value is -2.82. The van der Waals surface area contributed by atoms with Crippen molar-refractivity contribution >= 4 is 21.9 Å². The standard InChI is InChI=1S/C18H18N4O/c1-4-11-5-8-16-15(9-11)19-18(22(16)2)17-13-10-12(23-3)6-7-14(13)20-21-17/h5-10H,4H2,1-3H3,(H,20,21). The normalized spacial score (nSPS) is 11.4. The number of benzene rings is 2. The molecule has 0 bridgehead atoms. The first-order valence-corrected chi connectivity index (χ1v) is 7.69. The maximum atomic E-state index is 5.33. The molecule has 2 aromatic carbocycles. The second-order valence-electron chi connectivity index (χ2n) is 5.65. The predicted octanol–water partition coefficient (Wildman–Crippen LogP) is 3.69. The summed E-state index contributed by atoms with van der Waals surface area (Å²) >= 11 is 0. The molecule has 23 heavy (non-hydrogen) atoms. The third-order valence-electron chi connectivity index (χ3n) is 4.34. The summed E-state index contributed by atoms with van der Waals surface area (Å²) in [4.78, 5) is 4.81. The second-order valence-corrected chi connectivity index (χ2v) is 5.65. The average molecular weight is 306 g/mol. The fourth-order valence-electron chi connectivity index (χ4n) is 2.97. The number of aromatic nitrogens is 4. The van der Waals surface area contributed by atoms with Gasteiger partial charge in [0, 0.05) is 12.4 Å². The minimum absolute atomic E-state index is 0.812. The van der Waals surface area contributed by atoms with Crippen LogP contribution in [0.15, 0.2) is 36.4 Å². The van der Waals surface area contributed by atoms with Crippen LogP contribution in [0, 0.1) is 0 Å². The molecule has 116 valence electrons. The lowest BCUT2D eigenvalue weighted by atomic mass is 10.1. The van der Waals surface area contributed by atoms with E-state index in [1.807, 2.05) is 25.2 Å². The number of nitrogens with one attached hydrogen (secondary N) is 1. The highest BCUT2D eigenvalue weighted by molar-refractivity contribution is 5.94. The molecule has 4 aromatic rings. The van der Waals surface area contributed by atoms with Gasteiger partial charge in [-0.15, -0.1) is 0 Å². The summed E-state index contributed by atoms with van der Waals surface area (Å²) in [6.45, 7) is 2.15. The van der Waals surface area contributed by atoms with Crippen molar-refractivity contribution in [3.8, 4) is 17.3 Å². The molecule has 0 aliphatic carbocycles. The number of aromatic amines is 1. The van der Waals surface area contributed by atoms with Gasteiger partial charge in [0.05, 0.1) is 23.7 Å². The fraction of sp³-hybridized carbons (Fsp3) is 0.222. The molecule has 2 heterocycles. The first-order valence-electron chi connectivity index (χ1n) is 7.69. The molecule has 0 atom stereocenters. The Morgan fingerprint density at radius 2 is 2.04 bits per heavy atom. The van der Waals surface area contributed by atoms with Crippen LogP contribution < -0.4 is 4.74 Å². The highest BCUT2D eigenvalue weighted by Crippen LogP contribution is 2.30. The van der Waals surface area contributed by atoms with Crippen LogP contribution in [0.4, 0.5) is 0 Å². The van der Waals surface area contributed by atoms with Gasteiger partial charge < -0.3 is 9.30 Å². The van der Waals surface area contributed by atoms with E-state index in [-0.39, 0.29) is 0 Å². The van der Waals surface area contributed by atoms with E-state index < -0.39 is 0 Å². The van der Waals surface area contributed by atoms with Crippen LogP contribution >= 0.6 is 0 Å². The van der Waals surface area contributed by atoms with E-state index in [9.17, 15) is 0 Å². The molecule has 0 saturated heterocycles. The van der Waals surface area contributed by atoms with E-state index in [1.165, 1.54) is 5.56 Å². The zero-order valence-corrected chi connectivity index (χ0v) is 13.4. The zero-order valence-electron chi connectivity index (χ0n) is 13.4. The Morgan fingerprint density at radius 1 is 1.17 bits per heavy atom. The van der Waals surface area contributed by atoms with E-state index in [4.69, 9.17) is 9.72 Å². The number of methoxy groups -OCH3 is 1. The summed E-state index contributed by atoms with van der Waals surface area (Å²) in [5.41, 5.74) is 5.21. The number of hydrogen-bond donors (Lipinski definition) is 1. The number of ether oxygens (including phenoxy) is 1. The molecular weight excluding hydrogens is 288 g/mol. The molecule has 0 saturated carbocycles. The highest BCUT2D eigenvalue weighted by atomic mass is 16.5. The van der Waals surface area contributed by atoms with E-state index in [1.54, 1.807) is 7.11 Å². The van der Waals surface area contributed by atoms with Gasteiger partial charge >= 0.3 is 0 Å². The maximum Gasteiger partial charge on any atom is 0.162 e. The van der Waals surface area contributed by atoms with E-state index in [0.717, 1.165) is 45.6 Å². The molecule has 0 aliphatic rings. The number of fused-ring (bicyclic) bond motifs is 2. The van der Waals surface area contributed by atoms with Crippen molar-refractivity contribution in [3.05, 3.63) is 42.0 Å². The van der Waals surface area contributed by atoms with Gasteiger partial charge in [-0.1, -0.05) is 13.0 Å². The molecule has 5 heteroatoms. The quantitative estimate of drug-likeness (QED) is 0.628. The average Bonchev–Trinajstić information content (AvgIpc) is 3.14. The Balaban J connectivity index is 1.96. The minimum atomic E-state index is 0.812. The first-order chi connectivity index (χ1) is 11.2. The summed E-state index contributed by atoms with van der Waals surface area (Å²) in [7, 11) is 3.69. The lowest BCUT2D eigenvalue weighted by Gasteiger charge is -2.02. The van der Waals surface area contributed by atoms with Crippen LogP contribution in [0.2, 0.25) is 0 Å². The van der Waals surface area contributed by atoms with Gasteiger partial charge in [-0.2, -0.15) is 5.10 Å². The number of aryl methyl sites for hydroxylation is 2. The van der Waals surface area contributed by atoms with Crippen LogP contribution in [0.25, 0.3) is 33.5 Å². The van der Waals surface area contributed by atoms with Crippen molar-refractivity contribution in [2.75, 3.05) is 7.11 Å². The number of hydrogen-bond acceptors (Lipinski definition) is 3. The Bertz CT molecular complexity index is 1010. The van der Waals surface area contributed by atoms with Gasteiger partial charge in [0.25, 0.3) is 0 Å².